The Balaban J connectivity index is 1.81. The number of carbonyl (C=O) groups is 1. The fraction of sp³-hybridized carbons (Fsp3) is 0.917. The Morgan fingerprint density at radius 2 is 2.19 bits per heavy atom. The second kappa shape index (κ2) is 4.24. The van der Waals surface area contributed by atoms with Crippen molar-refractivity contribution in [1.29, 1.82) is 0 Å². The Bertz CT molecular complexity index is 272. The van der Waals surface area contributed by atoms with Crippen LogP contribution in [0.5, 0.6) is 0 Å². The van der Waals surface area contributed by atoms with Gasteiger partial charge in [0.1, 0.15) is 0 Å². The highest BCUT2D eigenvalue weighted by Gasteiger charge is 2.50. The number of hydrogen-bond acceptors (Lipinski definition) is 3. The molecule has 1 heterocycles. The molecular weight excluding hydrogens is 204 g/mol. The Morgan fingerprint density at radius 3 is 2.69 bits per heavy atom. The minimum absolute atomic E-state index is 0.138. The van der Waals surface area contributed by atoms with Crippen LogP contribution >= 0.6 is 0 Å². The number of ether oxygens (including phenoxy) is 1. The van der Waals surface area contributed by atoms with E-state index in [1.165, 1.54) is 19.3 Å². The third kappa shape index (κ3) is 2.03. The lowest BCUT2D eigenvalue weighted by Gasteiger charge is -2.47. The summed E-state index contributed by atoms with van der Waals surface area (Å²) in [5, 5.41) is 0. The zero-order valence-electron chi connectivity index (χ0n) is 10.5. The van der Waals surface area contributed by atoms with Crippen LogP contribution in [0.2, 0.25) is 0 Å². The standard InChI is InChI=1S/C12H22N2O2/c1-4-16-11(15)14-8-12(9-14)6-5-10(7-12)13(2)3/h10H,4-9H2,1-3H3. The molecule has 0 radical (unpaired) electrons. The number of nitrogens with zero attached hydrogens (tertiary/aromatic N) is 2. The van der Waals surface area contributed by atoms with Gasteiger partial charge in [0.2, 0.25) is 0 Å². The summed E-state index contributed by atoms with van der Waals surface area (Å²) in [6, 6.07) is 0.698. The lowest BCUT2D eigenvalue weighted by atomic mass is 9.78. The van der Waals surface area contributed by atoms with Crippen molar-refractivity contribution in [2.24, 2.45) is 5.41 Å². The third-order valence-corrected chi connectivity index (χ3v) is 3.99. The van der Waals surface area contributed by atoms with Gasteiger partial charge in [-0.1, -0.05) is 0 Å². The smallest absolute Gasteiger partial charge is 0.409 e. The summed E-state index contributed by atoms with van der Waals surface area (Å²) >= 11 is 0. The van der Waals surface area contributed by atoms with Gasteiger partial charge in [0.05, 0.1) is 6.61 Å². The van der Waals surface area contributed by atoms with E-state index in [-0.39, 0.29) is 6.09 Å². The first-order valence-electron chi connectivity index (χ1n) is 6.14. The topological polar surface area (TPSA) is 32.8 Å². The van der Waals surface area contributed by atoms with Crippen LogP contribution in [-0.4, -0.2) is 55.7 Å². The summed E-state index contributed by atoms with van der Waals surface area (Å²) < 4.78 is 5.00. The van der Waals surface area contributed by atoms with Crippen molar-refractivity contribution in [2.45, 2.75) is 32.2 Å². The zero-order valence-corrected chi connectivity index (χ0v) is 10.5. The van der Waals surface area contributed by atoms with Crippen LogP contribution in [0.1, 0.15) is 26.2 Å². The number of amides is 1. The van der Waals surface area contributed by atoms with Gasteiger partial charge in [-0.05, 0) is 40.3 Å². The van der Waals surface area contributed by atoms with Crippen molar-refractivity contribution < 1.29 is 9.53 Å². The molecule has 0 bridgehead atoms. The van der Waals surface area contributed by atoms with Crippen molar-refractivity contribution in [3.8, 4) is 0 Å². The first kappa shape index (κ1) is 11.7. The average molecular weight is 226 g/mol. The van der Waals surface area contributed by atoms with Crippen molar-refractivity contribution >= 4 is 6.09 Å². The van der Waals surface area contributed by atoms with Crippen molar-refractivity contribution in [3.05, 3.63) is 0 Å². The zero-order chi connectivity index (χ0) is 11.8. The van der Waals surface area contributed by atoms with Crippen LogP contribution in [0.15, 0.2) is 0 Å². The van der Waals surface area contributed by atoms with Gasteiger partial charge in [0.25, 0.3) is 0 Å². The van der Waals surface area contributed by atoms with Gasteiger partial charge < -0.3 is 14.5 Å². The van der Waals surface area contributed by atoms with Crippen LogP contribution in [0.3, 0.4) is 0 Å². The normalized spacial score (nSPS) is 27.2. The fourth-order valence-electron chi connectivity index (χ4n) is 3.01. The highest BCUT2D eigenvalue weighted by molar-refractivity contribution is 5.69. The lowest BCUT2D eigenvalue weighted by Crippen LogP contribution is -2.57. The minimum Gasteiger partial charge on any atom is -0.450 e. The molecule has 1 spiro atoms. The third-order valence-electron chi connectivity index (χ3n) is 3.99. The molecule has 4 nitrogen and oxygen atoms in total. The van der Waals surface area contributed by atoms with Gasteiger partial charge in [-0.3, -0.25) is 0 Å². The van der Waals surface area contributed by atoms with Gasteiger partial charge in [-0.2, -0.15) is 0 Å². The number of likely N-dealkylation sites (tertiary alicyclic amines) is 1. The second-order valence-corrected chi connectivity index (χ2v) is 5.42. The monoisotopic (exact) mass is 226 g/mol. The molecule has 1 aliphatic carbocycles. The largest absolute Gasteiger partial charge is 0.450 e. The molecule has 1 aliphatic heterocycles. The summed E-state index contributed by atoms with van der Waals surface area (Å²) in [5.74, 6) is 0. The summed E-state index contributed by atoms with van der Waals surface area (Å²) in [5.41, 5.74) is 0.404. The van der Waals surface area contributed by atoms with Gasteiger partial charge in [-0.15, -0.1) is 0 Å². The molecule has 2 fully saturated rings. The fourth-order valence-corrected chi connectivity index (χ4v) is 3.01. The van der Waals surface area contributed by atoms with Gasteiger partial charge in [0.15, 0.2) is 0 Å². The molecule has 1 atom stereocenters. The van der Waals surface area contributed by atoms with Gasteiger partial charge in [0, 0.05) is 24.5 Å². The van der Waals surface area contributed by atoms with E-state index in [1.807, 2.05) is 11.8 Å². The number of carbonyl (C=O) groups excluding carboxylic acids is 1. The molecule has 2 rings (SSSR count). The molecule has 0 aromatic rings. The van der Waals surface area contributed by atoms with Crippen LogP contribution < -0.4 is 0 Å². The number of hydrogen-bond donors (Lipinski definition) is 0. The maximum Gasteiger partial charge on any atom is 0.409 e. The molecule has 0 N–H and O–H groups in total. The molecule has 0 aromatic heterocycles. The Labute approximate surface area is 97.5 Å². The van der Waals surface area contributed by atoms with Gasteiger partial charge in [-0.25, -0.2) is 4.79 Å². The van der Waals surface area contributed by atoms with E-state index in [0.717, 1.165) is 13.1 Å². The lowest BCUT2D eigenvalue weighted by molar-refractivity contribution is -0.00138. The van der Waals surface area contributed by atoms with Crippen molar-refractivity contribution in [1.82, 2.24) is 9.80 Å². The quantitative estimate of drug-likeness (QED) is 0.716. The predicted molar refractivity (Wildman–Crippen MR) is 62.4 cm³/mol. The SMILES string of the molecule is CCOC(=O)N1CC2(CCC(N(C)C)C2)C1. The first-order valence-corrected chi connectivity index (χ1v) is 6.14. The van der Waals surface area contributed by atoms with Crippen LogP contribution in [0, 0.1) is 5.41 Å². The van der Waals surface area contributed by atoms with Crippen molar-refractivity contribution in [3.63, 3.8) is 0 Å². The predicted octanol–water partition coefficient (Wildman–Crippen LogP) is 1.56. The molecule has 1 unspecified atom stereocenters. The summed E-state index contributed by atoms with van der Waals surface area (Å²) in [6.07, 6.45) is 3.62. The molecule has 0 aromatic carbocycles. The average Bonchev–Trinajstić information content (AvgIpc) is 2.60. The van der Waals surface area contributed by atoms with E-state index in [4.69, 9.17) is 4.74 Å². The summed E-state index contributed by atoms with van der Waals surface area (Å²) in [4.78, 5) is 15.6. The van der Waals surface area contributed by atoms with E-state index in [2.05, 4.69) is 19.0 Å². The van der Waals surface area contributed by atoms with Crippen molar-refractivity contribution in [2.75, 3.05) is 33.8 Å². The molecule has 1 amide bonds. The minimum atomic E-state index is -0.138. The number of rotatable bonds is 2. The van der Waals surface area contributed by atoms with E-state index < -0.39 is 0 Å². The molecule has 92 valence electrons. The summed E-state index contributed by atoms with van der Waals surface area (Å²) in [6.45, 7) is 4.13. The highest BCUT2D eigenvalue weighted by atomic mass is 16.6. The van der Waals surface area contributed by atoms with Crippen LogP contribution in [0.4, 0.5) is 4.79 Å². The summed E-state index contributed by atoms with van der Waals surface area (Å²) in [7, 11) is 4.29. The van der Waals surface area contributed by atoms with E-state index in [9.17, 15) is 4.79 Å². The van der Waals surface area contributed by atoms with Gasteiger partial charge >= 0.3 is 6.09 Å². The van der Waals surface area contributed by atoms with E-state index >= 15 is 0 Å². The maximum atomic E-state index is 11.5. The molecule has 2 aliphatic rings. The van der Waals surface area contributed by atoms with Crippen LogP contribution in [0.25, 0.3) is 0 Å². The molecular formula is C12H22N2O2. The first-order chi connectivity index (χ1) is 7.56. The second-order valence-electron chi connectivity index (χ2n) is 5.42. The molecule has 1 saturated heterocycles. The van der Waals surface area contributed by atoms with E-state index in [0.29, 0.717) is 18.1 Å². The Kier molecular flexibility index (Phi) is 3.10. The molecule has 4 heteroatoms. The Hall–Kier alpha value is -0.770. The Morgan fingerprint density at radius 1 is 1.50 bits per heavy atom. The van der Waals surface area contributed by atoms with Crippen LogP contribution in [-0.2, 0) is 4.74 Å². The van der Waals surface area contributed by atoms with E-state index in [1.54, 1.807) is 0 Å². The molecule has 16 heavy (non-hydrogen) atoms. The highest BCUT2D eigenvalue weighted by Crippen LogP contribution is 2.46. The molecule has 1 saturated carbocycles. The maximum absolute atomic E-state index is 11.5.